The number of carbonyl (C=O) groups excluding carboxylic acids is 3. The van der Waals surface area contributed by atoms with Gasteiger partial charge in [0.15, 0.2) is 11.6 Å². The molecule has 0 radical (unpaired) electrons. The third-order valence-electron chi connectivity index (χ3n) is 2.06. The van der Waals surface area contributed by atoms with Crippen LogP contribution in [0.2, 0.25) is 0 Å². The Kier molecular flexibility index (Phi) is 5.97. The summed E-state index contributed by atoms with van der Waals surface area (Å²) >= 11 is 0. The summed E-state index contributed by atoms with van der Waals surface area (Å²) in [6.07, 6.45) is 3.00. The van der Waals surface area contributed by atoms with Gasteiger partial charge in [-0.1, -0.05) is 25.2 Å². The molecule has 0 aromatic carbocycles. The molecule has 0 aliphatic rings. The van der Waals surface area contributed by atoms with E-state index in [9.17, 15) is 14.4 Å². The van der Waals surface area contributed by atoms with Crippen LogP contribution in [-0.2, 0) is 14.4 Å². The van der Waals surface area contributed by atoms with Crippen molar-refractivity contribution in [1.29, 1.82) is 0 Å². The zero-order valence-corrected chi connectivity index (χ0v) is 9.87. The SMILES string of the molecule is C=C(C)CC(=O)C(=C=O)C(C)C(=O)C=CC. The first kappa shape index (κ1) is 14.3. The van der Waals surface area contributed by atoms with Crippen LogP contribution in [0.5, 0.6) is 0 Å². The average Bonchev–Trinajstić information content (AvgIpc) is 2.17. The van der Waals surface area contributed by atoms with Gasteiger partial charge in [-0.25, -0.2) is 4.79 Å². The van der Waals surface area contributed by atoms with Gasteiger partial charge in [-0.3, -0.25) is 9.59 Å². The molecule has 0 aromatic heterocycles. The van der Waals surface area contributed by atoms with Crippen molar-refractivity contribution in [3.05, 3.63) is 29.9 Å². The fourth-order valence-corrected chi connectivity index (χ4v) is 1.21. The number of hydrogen-bond donors (Lipinski definition) is 0. The highest BCUT2D eigenvalue weighted by Crippen LogP contribution is 2.14. The predicted molar refractivity (Wildman–Crippen MR) is 62.6 cm³/mol. The quantitative estimate of drug-likeness (QED) is 0.391. The normalized spacial score (nSPS) is 11.9. The minimum atomic E-state index is -0.736. The molecule has 1 unspecified atom stereocenters. The van der Waals surface area contributed by atoms with E-state index >= 15 is 0 Å². The molecule has 0 amide bonds. The van der Waals surface area contributed by atoms with Crippen LogP contribution in [0.3, 0.4) is 0 Å². The first-order valence-electron chi connectivity index (χ1n) is 5.03. The number of hydrogen-bond acceptors (Lipinski definition) is 3. The molecule has 3 nitrogen and oxygen atoms in total. The standard InChI is InChI=1S/C13H16O3/c1-5-6-12(15)10(4)11(8-14)13(16)7-9(2)3/h5-6,10H,2,7H2,1,3-4H3. The van der Waals surface area contributed by atoms with Crippen molar-refractivity contribution >= 4 is 17.5 Å². The van der Waals surface area contributed by atoms with Crippen LogP contribution in [0, 0.1) is 5.92 Å². The summed E-state index contributed by atoms with van der Waals surface area (Å²) in [6.45, 7) is 8.51. The first-order chi connectivity index (χ1) is 7.43. The fraction of sp³-hybridized carbons (Fsp3) is 0.385. The van der Waals surface area contributed by atoms with E-state index in [1.807, 2.05) is 0 Å². The van der Waals surface area contributed by atoms with Gasteiger partial charge in [0.2, 0.25) is 0 Å². The van der Waals surface area contributed by atoms with E-state index in [0.717, 1.165) is 0 Å². The summed E-state index contributed by atoms with van der Waals surface area (Å²) in [5, 5.41) is 0. The highest BCUT2D eigenvalue weighted by molar-refractivity contribution is 6.10. The number of rotatable bonds is 6. The Balaban J connectivity index is 4.89. The van der Waals surface area contributed by atoms with Crippen LogP contribution in [0.4, 0.5) is 0 Å². The molecule has 0 saturated heterocycles. The molecule has 0 bridgehead atoms. The molecule has 0 aliphatic heterocycles. The second-order valence-corrected chi connectivity index (χ2v) is 3.70. The van der Waals surface area contributed by atoms with Crippen LogP contribution >= 0.6 is 0 Å². The maximum atomic E-state index is 11.6. The van der Waals surface area contributed by atoms with Gasteiger partial charge in [0.25, 0.3) is 0 Å². The van der Waals surface area contributed by atoms with Crippen molar-refractivity contribution in [2.75, 3.05) is 0 Å². The van der Waals surface area contributed by atoms with Crippen molar-refractivity contribution in [1.82, 2.24) is 0 Å². The largest absolute Gasteiger partial charge is 0.294 e. The maximum Gasteiger partial charge on any atom is 0.174 e. The molecule has 0 heterocycles. The van der Waals surface area contributed by atoms with Crippen LogP contribution in [0.1, 0.15) is 27.2 Å². The molecule has 0 spiro atoms. The smallest absolute Gasteiger partial charge is 0.174 e. The maximum absolute atomic E-state index is 11.6. The van der Waals surface area contributed by atoms with Gasteiger partial charge in [-0.2, -0.15) is 0 Å². The van der Waals surface area contributed by atoms with E-state index in [-0.39, 0.29) is 23.6 Å². The third kappa shape index (κ3) is 4.20. The molecule has 86 valence electrons. The Bertz CT molecular complexity index is 382. The van der Waals surface area contributed by atoms with Gasteiger partial charge in [0, 0.05) is 6.42 Å². The molecule has 16 heavy (non-hydrogen) atoms. The fourth-order valence-electron chi connectivity index (χ4n) is 1.21. The average molecular weight is 220 g/mol. The third-order valence-corrected chi connectivity index (χ3v) is 2.06. The zero-order chi connectivity index (χ0) is 12.7. The summed E-state index contributed by atoms with van der Waals surface area (Å²) < 4.78 is 0. The van der Waals surface area contributed by atoms with Gasteiger partial charge >= 0.3 is 0 Å². The Labute approximate surface area is 95.5 Å². The van der Waals surface area contributed by atoms with E-state index in [1.165, 1.54) is 13.0 Å². The molecule has 0 rings (SSSR count). The van der Waals surface area contributed by atoms with Crippen LogP contribution in [0.25, 0.3) is 0 Å². The van der Waals surface area contributed by atoms with Gasteiger partial charge in [0.05, 0.1) is 11.5 Å². The van der Waals surface area contributed by atoms with Gasteiger partial charge in [-0.15, -0.1) is 0 Å². The van der Waals surface area contributed by atoms with Crippen LogP contribution in [-0.4, -0.2) is 17.5 Å². The topological polar surface area (TPSA) is 51.2 Å². The number of ketones is 2. The lowest BCUT2D eigenvalue weighted by molar-refractivity contribution is -0.120. The Hall–Kier alpha value is -1.73. The molecule has 0 aromatic rings. The lowest BCUT2D eigenvalue weighted by Gasteiger charge is -2.08. The monoisotopic (exact) mass is 220 g/mol. The molecule has 0 N–H and O–H groups in total. The van der Waals surface area contributed by atoms with Crippen molar-refractivity contribution in [3.8, 4) is 0 Å². The van der Waals surface area contributed by atoms with Crippen molar-refractivity contribution < 1.29 is 14.4 Å². The second kappa shape index (κ2) is 6.70. The summed E-state index contributed by atoms with van der Waals surface area (Å²) in [6, 6.07) is 0. The van der Waals surface area contributed by atoms with Gasteiger partial charge < -0.3 is 0 Å². The molecule has 0 aliphatic carbocycles. The lowest BCUT2D eigenvalue weighted by Crippen LogP contribution is -2.18. The van der Waals surface area contributed by atoms with E-state index in [4.69, 9.17) is 0 Å². The Morgan fingerprint density at radius 2 is 2.00 bits per heavy atom. The number of Topliss-reactive ketones (excluding diaryl/α,β-unsaturated/α-hetero) is 1. The van der Waals surface area contributed by atoms with Crippen molar-refractivity contribution in [2.45, 2.75) is 27.2 Å². The molecular formula is C13H16O3. The highest BCUT2D eigenvalue weighted by Gasteiger charge is 2.22. The van der Waals surface area contributed by atoms with Gasteiger partial charge in [-0.05, 0) is 19.9 Å². The summed E-state index contributed by atoms with van der Waals surface area (Å²) in [4.78, 5) is 33.8. The number of allylic oxidation sites excluding steroid dienone is 4. The lowest BCUT2D eigenvalue weighted by atomic mass is 9.92. The number of carbonyl (C=O) groups is 2. The van der Waals surface area contributed by atoms with E-state index in [2.05, 4.69) is 6.58 Å². The van der Waals surface area contributed by atoms with Gasteiger partial charge in [0.1, 0.15) is 5.94 Å². The van der Waals surface area contributed by atoms with Crippen molar-refractivity contribution in [3.63, 3.8) is 0 Å². The second-order valence-electron chi connectivity index (χ2n) is 3.70. The molecule has 0 saturated carbocycles. The predicted octanol–water partition coefficient (Wildman–Crippen LogP) is 2.06. The van der Waals surface area contributed by atoms with E-state index in [1.54, 1.807) is 25.9 Å². The summed E-state index contributed by atoms with van der Waals surface area (Å²) in [7, 11) is 0. The molecule has 1 atom stereocenters. The minimum Gasteiger partial charge on any atom is -0.294 e. The molecular weight excluding hydrogens is 204 g/mol. The minimum absolute atomic E-state index is 0.0814. The zero-order valence-electron chi connectivity index (χ0n) is 9.87. The first-order valence-corrected chi connectivity index (χ1v) is 5.03. The van der Waals surface area contributed by atoms with Crippen molar-refractivity contribution in [2.24, 2.45) is 5.92 Å². The van der Waals surface area contributed by atoms with E-state index in [0.29, 0.717) is 5.57 Å². The molecule has 0 fully saturated rings. The Morgan fingerprint density at radius 1 is 1.44 bits per heavy atom. The van der Waals surface area contributed by atoms with E-state index < -0.39 is 5.92 Å². The summed E-state index contributed by atoms with van der Waals surface area (Å²) in [5.74, 6) is 0.183. The van der Waals surface area contributed by atoms with Crippen LogP contribution < -0.4 is 0 Å². The Morgan fingerprint density at radius 3 is 2.38 bits per heavy atom. The molecule has 3 heteroatoms. The summed E-state index contributed by atoms with van der Waals surface area (Å²) in [5.41, 5.74) is 0.550. The highest BCUT2D eigenvalue weighted by atomic mass is 16.1. The van der Waals surface area contributed by atoms with Crippen LogP contribution in [0.15, 0.2) is 29.9 Å².